The van der Waals surface area contributed by atoms with Crippen molar-refractivity contribution < 1.29 is 8.42 Å². The lowest BCUT2D eigenvalue weighted by Gasteiger charge is -2.04. The van der Waals surface area contributed by atoms with Crippen molar-refractivity contribution in [1.29, 1.82) is 0 Å². The van der Waals surface area contributed by atoms with Crippen molar-refractivity contribution in [2.24, 2.45) is 0 Å². The minimum absolute atomic E-state index is 0.200. The number of sulfone groups is 1. The van der Waals surface area contributed by atoms with Gasteiger partial charge in [0.25, 0.3) is 0 Å². The predicted octanol–water partition coefficient (Wildman–Crippen LogP) is 1.84. The molecule has 6 nitrogen and oxygen atoms in total. The van der Waals surface area contributed by atoms with Crippen LogP contribution in [0.3, 0.4) is 0 Å². The summed E-state index contributed by atoms with van der Waals surface area (Å²) >= 11 is 1.58. The molecule has 0 bridgehead atoms. The first-order valence-corrected chi connectivity index (χ1v) is 8.93. The van der Waals surface area contributed by atoms with Gasteiger partial charge in [-0.25, -0.2) is 18.4 Å². The summed E-state index contributed by atoms with van der Waals surface area (Å²) in [6.07, 6.45) is 2.97. The van der Waals surface area contributed by atoms with E-state index in [1.807, 2.05) is 13.0 Å². The minimum atomic E-state index is -3.34. The zero-order chi connectivity index (χ0) is 15.2. The number of hydrogen-bond acceptors (Lipinski definition) is 6. The van der Waals surface area contributed by atoms with Gasteiger partial charge >= 0.3 is 0 Å². The third-order valence-corrected chi connectivity index (χ3v) is 5.18. The number of nitrogens with two attached hydrogens (primary N) is 1. The fraction of sp³-hybridized carbons (Fsp3) is 0.231. The van der Waals surface area contributed by atoms with E-state index >= 15 is 0 Å². The molecule has 8 heteroatoms. The van der Waals surface area contributed by atoms with E-state index in [-0.39, 0.29) is 4.90 Å². The fourth-order valence-electron chi connectivity index (χ4n) is 2.24. The lowest BCUT2D eigenvalue weighted by molar-refractivity contribution is 0.602. The van der Waals surface area contributed by atoms with E-state index in [4.69, 9.17) is 5.73 Å². The zero-order valence-electron chi connectivity index (χ0n) is 11.6. The maximum atomic E-state index is 11.8. The van der Waals surface area contributed by atoms with Gasteiger partial charge in [-0.2, -0.15) is 0 Å². The number of imidazole rings is 1. The summed E-state index contributed by atoms with van der Waals surface area (Å²) in [5, 5.41) is 0.977. The molecule has 3 rings (SSSR count). The Balaban J connectivity index is 2.18. The first-order chi connectivity index (χ1) is 9.86. The second kappa shape index (κ2) is 4.81. The van der Waals surface area contributed by atoms with Gasteiger partial charge in [0.05, 0.1) is 22.0 Å². The highest BCUT2D eigenvalue weighted by Gasteiger charge is 2.18. The van der Waals surface area contributed by atoms with Crippen molar-refractivity contribution in [1.82, 2.24) is 14.5 Å². The standard InChI is InChI=1S/C13H14N4O2S2/c1-8-15-6-9(20-8)7-17-10-4-3-5-11(21(2,18)19)12(10)16-13(17)14/h3-6H,7H2,1-2H3,(H2,14,16). The number of rotatable bonds is 3. The molecule has 0 aliphatic rings. The molecule has 0 aliphatic heterocycles. The highest BCUT2D eigenvalue weighted by Crippen LogP contribution is 2.26. The molecular weight excluding hydrogens is 308 g/mol. The first-order valence-electron chi connectivity index (χ1n) is 6.22. The van der Waals surface area contributed by atoms with Crippen LogP contribution in [-0.4, -0.2) is 29.2 Å². The molecule has 1 aromatic carbocycles. The number of nitrogen functional groups attached to an aromatic ring is 1. The average molecular weight is 322 g/mol. The quantitative estimate of drug-likeness (QED) is 0.794. The Labute approximate surface area is 126 Å². The molecule has 0 atom stereocenters. The normalized spacial score (nSPS) is 12.1. The van der Waals surface area contributed by atoms with Crippen molar-refractivity contribution in [3.05, 3.63) is 34.3 Å². The Morgan fingerprint density at radius 3 is 2.76 bits per heavy atom. The van der Waals surface area contributed by atoms with Crippen LogP contribution in [0.5, 0.6) is 0 Å². The van der Waals surface area contributed by atoms with Gasteiger partial charge in [-0.1, -0.05) is 6.07 Å². The number of hydrogen-bond donors (Lipinski definition) is 1. The Kier molecular flexibility index (Phi) is 3.22. The molecule has 0 radical (unpaired) electrons. The number of para-hydroxylation sites is 1. The van der Waals surface area contributed by atoms with Crippen LogP contribution in [0.25, 0.3) is 11.0 Å². The van der Waals surface area contributed by atoms with Crippen LogP contribution >= 0.6 is 11.3 Å². The van der Waals surface area contributed by atoms with Crippen LogP contribution in [0.2, 0.25) is 0 Å². The van der Waals surface area contributed by atoms with Gasteiger partial charge in [0, 0.05) is 17.3 Å². The van der Waals surface area contributed by atoms with Gasteiger partial charge in [-0.15, -0.1) is 11.3 Å². The molecule has 0 saturated heterocycles. The molecule has 2 aromatic heterocycles. The van der Waals surface area contributed by atoms with Gasteiger partial charge in [-0.05, 0) is 19.1 Å². The number of aryl methyl sites for hydroxylation is 1. The largest absolute Gasteiger partial charge is 0.369 e. The Hall–Kier alpha value is -1.93. The molecule has 0 spiro atoms. The number of nitrogens with zero attached hydrogens (tertiary/aromatic N) is 3. The van der Waals surface area contributed by atoms with Crippen LogP contribution in [-0.2, 0) is 16.4 Å². The highest BCUT2D eigenvalue weighted by molar-refractivity contribution is 7.91. The molecule has 3 aromatic rings. The number of aromatic nitrogens is 3. The molecule has 0 fully saturated rings. The molecule has 2 N–H and O–H groups in total. The van der Waals surface area contributed by atoms with Crippen LogP contribution in [0.15, 0.2) is 29.3 Å². The van der Waals surface area contributed by atoms with Crippen molar-refractivity contribution in [3.63, 3.8) is 0 Å². The monoisotopic (exact) mass is 322 g/mol. The van der Waals surface area contributed by atoms with Crippen molar-refractivity contribution in [3.8, 4) is 0 Å². The zero-order valence-corrected chi connectivity index (χ0v) is 13.2. The second-order valence-electron chi connectivity index (χ2n) is 4.80. The number of benzene rings is 1. The maximum absolute atomic E-state index is 11.8. The minimum Gasteiger partial charge on any atom is -0.369 e. The van der Waals surface area contributed by atoms with E-state index in [1.165, 1.54) is 6.26 Å². The molecule has 0 saturated carbocycles. The van der Waals surface area contributed by atoms with Crippen LogP contribution in [0.1, 0.15) is 9.88 Å². The average Bonchev–Trinajstić information content (AvgIpc) is 2.93. The van der Waals surface area contributed by atoms with Gasteiger partial charge in [0.2, 0.25) is 5.95 Å². The summed E-state index contributed by atoms with van der Waals surface area (Å²) in [5.74, 6) is 0.298. The Bertz CT molecular complexity index is 925. The molecule has 0 amide bonds. The van der Waals surface area contributed by atoms with Crippen molar-refractivity contribution in [2.75, 3.05) is 12.0 Å². The lowest BCUT2D eigenvalue weighted by atomic mass is 10.3. The molecular formula is C13H14N4O2S2. The molecule has 21 heavy (non-hydrogen) atoms. The molecule has 2 heterocycles. The number of anilines is 1. The second-order valence-corrected chi connectivity index (χ2v) is 8.10. The maximum Gasteiger partial charge on any atom is 0.201 e. The third-order valence-electron chi connectivity index (χ3n) is 3.15. The number of fused-ring (bicyclic) bond motifs is 1. The topological polar surface area (TPSA) is 90.9 Å². The summed E-state index contributed by atoms with van der Waals surface area (Å²) < 4.78 is 25.5. The van der Waals surface area contributed by atoms with Crippen molar-refractivity contribution >= 4 is 38.2 Å². The van der Waals surface area contributed by atoms with Crippen LogP contribution in [0, 0.1) is 6.92 Å². The Morgan fingerprint density at radius 2 is 2.14 bits per heavy atom. The highest BCUT2D eigenvalue weighted by atomic mass is 32.2. The van der Waals surface area contributed by atoms with E-state index < -0.39 is 9.84 Å². The van der Waals surface area contributed by atoms with Crippen LogP contribution in [0.4, 0.5) is 5.95 Å². The van der Waals surface area contributed by atoms with Crippen LogP contribution < -0.4 is 5.73 Å². The summed E-state index contributed by atoms with van der Waals surface area (Å²) in [6.45, 7) is 2.46. The number of thiazole rings is 1. The lowest BCUT2D eigenvalue weighted by Crippen LogP contribution is -2.03. The van der Waals surface area contributed by atoms with E-state index in [0.29, 0.717) is 23.5 Å². The molecule has 110 valence electrons. The van der Waals surface area contributed by atoms with E-state index in [2.05, 4.69) is 9.97 Å². The first kappa shape index (κ1) is 14.0. The fourth-order valence-corrected chi connectivity index (χ4v) is 3.85. The predicted molar refractivity (Wildman–Crippen MR) is 83.2 cm³/mol. The summed E-state index contributed by atoms with van der Waals surface area (Å²) in [5.41, 5.74) is 7.09. The van der Waals surface area contributed by atoms with E-state index in [0.717, 1.165) is 9.88 Å². The van der Waals surface area contributed by atoms with Gasteiger partial charge in [0.1, 0.15) is 5.52 Å². The molecule has 0 aliphatic carbocycles. The Morgan fingerprint density at radius 1 is 1.38 bits per heavy atom. The molecule has 0 unspecified atom stereocenters. The summed E-state index contributed by atoms with van der Waals surface area (Å²) in [6, 6.07) is 5.07. The summed E-state index contributed by atoms with van der Waals surface area (Å²) in [7, 11) is -3.34. The summed E-state index contributed by atoms with van der Waals surface area (Å²) in [4.78, 5) is 9.68. The van der Waals surface area contributed by atoms with Gasteiger partial charge < -0.3 is 10.3 Å². The SMILES string of the molecule is Cc1ncc(Cn2c(N)nc3c(S(C)(=O)=O)cccc32)s1. The van der Waals surface area contributed by atoms with Gasteiger partial charge in [0.15, 0.2) is 9.84 Å². The van der Waals surface area contributed by atoms with E-state index in [9.17, 15) is 8.42 Å². The smallest absolute Gasteiger partial charge is 0.201 e. The third kappa shape index (κ3) is 2.52. The van der Waals surface area contributed by atoms with E-state index in [1.54, 1.807) is 34.2 Å². The van der Waals surface area contributed by atoms with Crippen molar-refractivity contribution in [2.45, 2.75) is 18.4 Å². The van der Waals surface area contributed by atoms with Gasteiger partial charge in [-0.3, -0.25) is 0 Å².